The zero-order chi connectivity index (χ0) is 13.1. The molecular weight excluding hydrogens is 233 g/mol. The van der Waals surface area contributed by atoms with E-state index in [1.54, 1.807) is 12.1 Å². The lowest BCUT2D eigenvalue weighted by Gasteiger charge is -2.30. The SMILES string of the molecule is N=C(N)c1ccc(CN2CCCC(O)C2)c(F)c1. The Morgan fingerprint density at radius 3 is 2.94 bits per heavy atom. The summed E-state index contributed by atoms with van der Waals surface area (Å²) in [7, 11) is 0. The number of nitrogens with one attached hydrogen (secondary N) is 1. The molecule has 0 aromatic heterocycles. The van der Waals surface area contributed by atoms with Gasteiger partial charge in [0.25, 0.3) is 0 Å². The molecule has 1 aliphatic heterocycles. The monoisotopic (exact) mass is 251 g/mol. The first-order valence-electron chi connectivity index (χ1n) is 6.09. The van der Waals surface area contributed by atoms with Crippen molar-refractivity contribution in [2.45, 2.75) is 25.5 Å². The van der Waals surface area contributed by atoms with Gasteiger partial charge in [0, 0.05) is 24.2 Å². The van der Waals surface area contributed by atoms with E-state index in [0.717, 1.165) is 19.4 Å². The third kappa shape index (κ3) is 3.05. The normalized spacial score (nSPS) is 20.9. The Morgan fingerprint density at radius 2 is 2.33 bits per heavy atom. The maximum Gasteiger partial charge on any atom is 0.128 e. The van der Waals surface area contributed by atoms with Crippen molar-refractivity contribution >= 4 is 5.84 Å². The molecule has 1 aromatic rings. The summed E-state index contributed by atoms with van der Waals surface area (Å²) in [6, 6.07) is 4.60. The van der Waals surface area contributed by atoms with Crippen LogP contribution in [0.25, 0.3) is 0 Å². The number of nitrogens with zero attached hydrogens (tertiary/aromatic N) is 1. The fourth-order valence-corrected chi connectivity index (χ4v) is 2.26. The van der Waals surface area contributed by atoms with Crippen LogP contribution in [0.4, 0.5) is 4.39 Å². The largest absolute Gasteiger partial charge is 0.392 e. The molecule has 1 atom stereocenters. The fourth-order valence-electron chi connectivity index (χ4n) is 2.26. The van der Waals surface area contributed by atoms with Crippen LogP contribution < -0.4 is 5.73 Å². The lowest BCUT2D eigenvalue weighted by atomic mass is 10.1. The molecule has 5 heteroatoms. The second-order valence-electron chi connectivity index (χ2n) is 4.75. The second kappa shape index (κ2) is 5.46. The number of aliphatic hydroxyl groups is 1. The number of rotatable bonds is 3. The molecule has 4 nitrogen and oxygen atoms in total. The summed E-state index contributed by atoms with van der Waals surface area (Å²) in [5.41, 5.74) is 6.28. The third-order valence-electron chi connectivity index (χ3n) is 3.24. The minimum atomic E-state index is -0.345. The summed E-state index contributed by atoms with van der Waals surface area (Å²) < 4.78 is 13.8. The number of likely N-dealkylation sites (tertiary alicyclic amines) is 1. The number of piperidine rings is 1. The Balaban J connectivity index is 2.07. The van der Waals surface area contributed by atoms with Gasteiger partial charge in [0.15, 0.2) is 0 Å². The molecule has 1 saturated heterocycles. The van der Waals surface area contributed by atoms with E-state index < -0.39 is 0 Å². The number of β-amino-alcohol motifs (C(OH)–C–C–N with tert-alkyl or cyclic N) is 1. The molecular formula is C13H18FN3O. The van der Waals surface area contributed by atoms with E-state index in [1.807, 2.05) is 4.90 Å². The molecule has 0 bridgehead atoms. The van der Waals surface area contributed by atoms with Crippen LogP contribution in [0.1, 0.15) is 24.0 Å². The van der Waals surface area contributed by atoms with Gasteiger partial charge in [0.1, 0.15) is 11.7 Å². The predicted octanol–water partition coefficient (Wildman–Crippen LogP) is 1.07. The summed E-state index contributed by atoms with van der Waals surface area (Å²) >= 11 is 0. The average molecular weight is 251 g/mol. The van der Waals surface area contributed by atoms with Crippen molar-refractivity contribution in [1.82, 2.24) is 4.90 Å². The first-order valence-corrected chi connectivity index (χ1v) is 6.09. The van der Waals surface area contributed by atoms with Gasteiger partial charge in [-0.2, -0.15) is 0 Å². The summed E-state index contributed by atoms with van der Waals surface area (Å²) in [6.07, 6.45) is 1.45. The molecule has 0 amide bonds. The van der Waals surface area contributed by atoms with Crippen LogP contribution in [0.2, 0.25) is 0 Å². The minimum Gasteiger partial charge on any atom is -0.392 e. The molecule has 1 fully saturated rings. The Hall–Kier alpha value is -1.46. The van der Waals surface area contributed by atoms with Gasteiger partial charge in [-0.1, -0.05) is 12.1 Å². The van der Waals surface area contributed by atoms with Gasteiger partial charge in [0.2, 0.25) is 0 Å². The predicted molar refractivity (Wildman–Crippen MR) is 67.9 cm³/mol. The van der Waals surface area contributed by atoms with Gasteiger partial charge in [0.05, 0.1) is 6.10 Å². The molecule has 98 valence electrons. The van der Waals surface area contributed by atoms with Crippen molar-refractivity contribution in [1.29, 1.82) is 5.41 Å². The summed E-state index contributed by atoms with van der Waals surface area (Å²) in [5.74, 6) is -0.475. The lowest BCUT2D eigenvalue weighted by Crippen LogP contribution is -2.37. The van der Waals surface area contributed by atoms with Gasteiger partial charge in [-0.05, 0) is 25.5 Å². The van der Waals surface area contributed by atoms with Crippen molar-refractivity contribution in [2.24, 2.45) is 5.73 Å². The number of nitrogens with two attached hydrogens (primary N) is 1. The van der Waals surface area contributed by atoms with Crippen molar-refractivity contribution < 1.29 is 9.50 Å². The van der Waals surface area contributed by atoms with Crippen molar-refractivity contribution in [2.75, 3.05) is 13.1 Å². The molecule has 0 radical (unpaired) electrons. The van der Waals surface area contributed by atoms with Gasteiger partial charge in [-0.15, -0.1) is 0 Å². The third-order valence-corrected chi connectivity index (χ3v) is 3.24. The summed E-state index contributed by atoms with van der Waals surface area (Å²) in [4.78, 5) is 2.04. The van der Waals surface area contributed by atoms with Gasteiger partial charge >= 0.3 is 0 Å². The highest BCUT2D eigenvalue weighted by molar-refractivity contribution is 5.94. The molecule has 2 rings (SSSR count). The molecule has 1 unspecified atom stereocenters. The quantitative estimate of drug-likeness (QED) is 0.555. The van der Waals surface area contributed by atoms with Crippen LogP contribution in [-0.2, 0) is 6.54 Å². The zero-order valence-corrected chi connectivity index (χ0v) is 10.2. The second-order valence-corrected chi connectivity index (χ2v) is 4.75. The number of amidine groups is 1. The number of hydrogen-bond acceptors (Lipinski definition) is 3. The van der Waals surface area contributed by atoms with E-state index in [9.17, 15) is 9.50 Å². The highest BCUT2D eigenvalue weighted by atomic mass is 19.1. The van der Waals surface area contributed by atoms with Gasteiger partial charge in [-0.3, -0.25) is 10.3 Å². The van der Waals surface area contributed by atoms with Crippen LogP contribution in [0.5, 0.6) is 0 Å². The number of hydrogen-bond donors (Lipinski definition) is 3. The highest BCUT2D eigenvalue weighted by Crippen LogP contribution is 2.16. The number of nitrogen functional groups attached to an aromatic ring is 1. The van der Waals surface area contributed by atoms with E-state index in [0.29, 0.717) is 24.2 Å². The number of halogens is 1. The Labute approximate surface area is 106 Å². The number of aliphatic hydroxyl groups excluding tert-OH is 1. The molecule has 0 aliphatic carbocycles. The van der Waals surface area contributed by atoms with Crippen molar-refractivity contribution in [3.8, 4) is 0 Å². The summed E-state index contributed by atoms with van der Waals surface area (Å²) in [5, 5.41) is 16.8. The van der Waals surface area contributed by atoms with Crippen molar-refractivity contribution in [3.63, 3.8) is 0 Å². The van der Waals surface area contributed by atoms with E-state index in [-0.39, 0.29) is 17.8 Å². The minimum absolute atomic E-state index is 0.131. The van der Waals surface area contributed by atoms with E-state index in [4.69, 9.17) is 11.1 Å². The molecule has 1 aliphatic rings. The van der Waals surface area contributed by atoms with E-state index in [2.05, 4.69) is 0 Å². The Morgan fingerprint density at radius 1 is 1.56 bits per heavy atom. The molecule has 1 heterocycles. The van der Waals surface area contributed by atoms with Crippen LogP contribution in [0, 0.1) is 11.2 Å². The summed E-state index contributed by atoms with van der Waals surface area (Å²) in [6.45, 7) is 1.96. The first kappa shape index (κ1) is 13.0. The number of benzene rings is 1. The average Bonchev–Trinajstić information content (AvgIpc) is 2.31. The van der Waals surface area contributed by atoms with Crippen LogP contribution in [0.3, 0.4) is 0 Å². The van der Waals surface area contributed by atoms with Gasteiger partial charge < -0.3 is 10.8 Å². The smallest absolute Gasteiger partial charge is 0.128 e. The van der Waals surface area contributed by atoms with E-state index >= 15 is 0 Å². The van der Waals surface area contributed by atoms with Crippen LogP contribution in [-0.4, -0.2) is 35.0 Å². The van der Waals surface area contributed by atoms with Crippen molar-refractivity contribution in [3.05, 3.63) is 35.1 Å². The van der Waals surface area contributed by atoms with Gasteiger partial charge in [-0.25, -0.2) is 4.39 Å². The maximum absolute atomic E-state index is 13.8. The molecule has 0 spiro atoms. The topological polar surface area (TPSA) is 73.3 Å². The molecule has 0 saturated carbocycles. The lowest BCUT2D eigenvalue weighted by molar-refractivity contribution is 0.0663. The maximum atomic E-state index is 13.8. The molecule has 4 N–H and O–H groups in total. The van der Waals surface area contributed by atoms with Crippen LogP contribution in [0.15, 0.2) is 18.2 Å². The standard InChI is InChI=1S/C13H18FN3O/c14-12-6-9(13(15)16)3-4-10(12)7-17-5-1-2-11(18)8-17/h3-4,6,11,18H,1-2,5,7-8H2,(H3,15,16). The fraction of sp³-hybridized carbons (Fsp3) is 0.462. The van der Waals surface area contributed by atoms with E-state index in [1.165, 1.54) is 6.07 Å². The first-order chi connectivity index (χ1) is 8.56. The molecule has 18 heavy (non-hydrogen) atoms. The zero-order valence-electron chi connectivity index (χ0n) is 10.2. The molecule has 1 aromatic carbocycles. The Bertz CT molecular complexity index is 450. The van der Waals surface area contributed by atoms with Crippen LogP contribution >= 0.6 is 0 Å². The Kier molecular flexibility index (Phi) is 3.93. The highest BCUT2D eigenvalue weighted by Gasteiger charge is 2.18.